The maximum Gasteiger partial charge on any atom is 0.331 e. The predicted octanol–water partition coefficient (Wildman–Crippen LogP) is 0.938. The molecule has 1 heterocycles. The van der Waals surface area contributed by atoms with Crippen LogP contribution in [0.4, 0.5) is 4.79 Å². The van der Waals surface area contributed by atoms with Gasteiger partial charge in [0, 0.05) is 13.1 Å². The Labute approximate surface area is 79.4 Å². The minimum absolute atomic E-state index is 0.151. The van der Waals surface area contributed by atoms with Crippen LogP contribution < -0.4 is 11.3 Å². The molecule has 1 rings (SSSR count). The van der Waals surface area contributed by atoms with Crippen molar-refractivity contribution in [3.63, 3.8) is 0 Å². The molecule has 0 unspecified atom stereocenters. The fraction of sp³-hybridized carbons (Fsp3) is 0.889. The Morgan fingerprint density at radius 2 is 2.00 bits per heavy atom. The van der Waals surface area contributed by atoms with Gasteiger partial charge in [-0.1, -0.05) is 13.8 Å². The summed E-state index contributed by atoms with van der Waals surface area (Å²) in [6.07, 6.45) is 2.20. The lowest BCUT2D eigenvalue weighted by Crippen LogP contribution is -2.47. The molecule has 0 bridgehead atoms. The van der Waals surface area contributed by atoms with Crippen molar-refractivity contribution in [3.8, 4) is 0 Å². The number of hydrogen-bond acceptors (Lipinski definition) is 2. The minimum atomic E-state index is -0.151. The highest BCUT2D eigenvalue weighted by Crippen LogP contribution is 2.24. The molecule has 4 heteroatoms. The first-order valence-electron chi connectivity index (χ1n) is 4.90. The topological polar surface area (TPSA) is 58.4 Å². The van der Waals surface area contributed by atoms with Gasteiger partial charge in [-0.15, -0.1) is 0 Å². The van der Waals surface area contributed by atoms with E-state index in [1.165, 1.54) is 0 Å². The van der Waals surface area contributed by atoms with Gasteiger partial charge in [0.2, 0.25) is 0 Å². The van der Waals surface area contributed by atoms with Crippen LogP contribution in [0.5, 0.6) is 0 Å². The summed E-state index contributed by atoms with van der Waals surface area (Å²) < 4.78 is 0. The van der Waals surface area contributed by atoms with Crippen LogP contribution in [0.2, 0.25) is 0 Å². The molecular weight excluding hydrogens is 166 g/mol. The van der Waals surface area contributed by atoms with Crippen LogP contribution in [0.25, 0.3) is 0 Å². The second-order valence-corrected chi connectivity index (χ2v) is 4.02. The molecule has 0 aromatic carbocycles. The maximum absolute atomic E-state index is 11.1. The lowest BCUT2D eigenvalue weighted by atomic mass is 9.87. The number of amides is 2. The normalized spacial score (nSPS) is 19.2. The van der Waals surface area contributed by atoms with Gasteiger partial charge in [0.1, 0.15) is 0 Å². The summed E-state index contributed by atoms with van der Waals surface area (Å²) in [5.74, 6) is 6.55. The van der Waals surface area contributed by atoms with Gasteiger partial charge in [-0.05, 0) is 24.7 Å². The Morgan fingerprint density at radius 3 is 2.38 bits per heavy atom. The summed E-state index contributed by atoms with van der Waals surface area (Å²) in [5, 5.41) is 0. The predicted molar refractivity (Wildman–Crippen MR) is 51.9 cm³/mol. The third kappa shape index (κ3) is 2.59. The zero-order chi connectivity index (χ0) is 9.84. The fourth-order valence-corrected chi connectivity index (χ4v) is 1.86. The van der Waals surface area contributed by atoms with Crippen molar-refractivity contribution in [3.05, 3.63) is 0 Å². The van der Waals surface area contributed by atoms with Crippen LogP contribution >= 0.6 is 0 Å². The van der Waals surface area contributed by atoms with E-state index in [0.29, 0.717) is 0 Å². The summed E-state index contributed by atoms with van der Waals surface area (Å²) in [6.45, 7) is 6.16. The molecule has 0 aliphatic carbocycles. The number of nitrogens with one attached hydrogen (secondary N) is 1. The summed E-state index contributed by atoms with van der Waals surface area (Å²) in [7, 11) is 0. The number of hydrazine groups is 1. The molecule has 0 aromatic rings. The number of nitrogens with two attached hydrogens (primary N) is 1. The molecule has 3 N–H and O–H groups in total. The molecular formula is C9H19N3O. The number of urea groups is 1. The quantitative estimate of drug-likeness (QED) is 0.363. The van der Waals surface area contributed by atoms with E-state index in [4.69, 9.17) is 5.84 Å². The van der Waals surface area contributed by atoms with Crippen LogP contribution in [-0.4, -0.2) is 24.0 Å². The Bertz CT molecular complexity index is 174. The Hall–Kier alpha value is -0.770. The number of rotatable bonds is 1. The minimum Gasteiger partial charge on any atom is -0.324 e. The Balaban J connectivity index is 2.34. The average Bonchev–Trinajstić information content (AvgIpc) is 2.17. The highest BCUT2D eigenvalue weighted by atomic mass is 16.2. The molecule has 0 saturated carbocycles. The second kappa shape index (κ2) is 4.46. The highest BCUT2D eigenvalue weighted by Gasteiger charge is 2.23. The van der Waals surface area contributed by atoms with Gasteiger partial charge in [-0.3, -0.25) is 5.43 Å². The molecule has 0 atom stereocenters. The smallest absolute Gasteiger partial charge is 0.324 e. The molecule has 0 aromatic heterocycles. The average molecular weight is 185 g/mol. The molecule has 1 saturated heterocycles. The molecule has 2 amide bonds. The van der Waals surface area contributed by atoms with Crippen molar-refractivity contribution in [2.24, 2.45) is 17.7 Å². The first-order chi connectivity index (χ1) is 6.15. The van der Waals surface area contributed by atoms with Gasteiger partial charge < -0.3 is 4.90 Å². The number of nitrogens with zero attached hydrogens (tertiary/aromatic N) is 1. The summed E-state index contributed by atoms with van der Waals surface area (Å²) in [6, 6.07) is -0.151. The van der Waals surface area contributed by atoms with Crippen molar-refractivity contribution in [1.82, 2.24) is 10.3 Å². The fourth-order valence-electron chi connectivity index (χ4n) is 1.86. The van der Waals surface area contributed by atoms with E-state index in [1.54, 1.807) is 4.90 Å². The lowest BCUT2D eigenvalue weighted by Gasteiger charge is -2.33. The van der Waals surface area contributed by atoms with Gasteiger partial charge in [-0.2, -0.15) is 0 Å². The second-order valence-electron chi connectivity index (χ2n) is 4.02. The summed E-state index contributed by atoms with van der Waals surface area (Å²) in [4.78, 5) is 12.9. The van der Waals surface area contributed by atoms with E-state index in [-0.39, 0.29) is 6.03 Å². The zero-order valence-corrected chi connectivity index (χ0v) is 8.42. The Kier molecular flexibility index (Phi) is 3.54. The zero-order valence-electron chi connectivity index (χ0n) is 8.42. The van der Waals surface area contributed by atoms with E-state index >= 15 is 0 Å². The molecule has 1 fully saturated rings. The largest absolute Gasteiger partial charge is 0.331 e. The van der Waals surface area contributed by atoms with Gasteiger partial charge in [-0.25, -0.2) is 10.6 Å². The molecule has 76 valence electrons. The summed E-state index contributed by atoms with van der Waals surface area (Å²) in [5.41, 5.74) is 2.17. The number of carbonyl (C=O) groups is 1. The van der Waals surface area contributed by atoms with Gasteiger partial charge in [0.25, 0.3) is 0 Å². The highest BCUT2D eigenvalue weighted by molar-refractivity contribution is 5.73. The van der Waals surface area contributed by atoms with Crippen LogP contribution in [-0.2, 0) is 0 Å². The van der Waals surface area contributed by atoms with Crippen molar-refractivity contribution < 1.29 is 4.79 Å². The third-order valence-electron chi connectivity index (χ3n) is 2.89. The number of hydrogen-bond donors (Lipinski definition) is 2. The molecule has 4 nitrogen and oxygen atoms in total. The van der Waals surface area contributed by atoms with Crippen LogP contribution in [0.15, 0.2) is 0 Å². The van der Waals surface area contributed by atoms with E-state index in [9.17, 15) is 4.79 Å². The van der Waals surface area contributed by atoms with Gasteiger partial charge in [0.05, 0.1) is 0 Å². The van der Waals surface area contributed by atoms with Crippen molar-refractivity contribution >= 4 is 6.03 Å². The van der Waals surface area contributed by atoms with E-state index < -0.39 is 0 Å². The molecule has 1 aliphatic rings. The number of piperidine rings is 1. The standard InChI is InChI=1S/C9H19N3O/c1-7(2)8-3-5-12(6-4-8)9(13)11-10/h7-8H,3-6,10H2,1-2H3,(H,11,13). The first kappa shape index (κ1) is 10.3. The third-order valence-corrected chi connectivity index (χ3v) is 2.89. The monoisotopic (exact) mass is 185 g/mol. The molecule has 0 radical (unpaired) electrons. The van der Waals surface area contributed by atoms with Crippen LogP contribution in [0, 0.1) is 11.8 Å². The first-order valence-corrected chi connectivity index (χ1v) is 4.90. The maximum atomic E-state index is 11.1. The SMILES string of the molecule is CC(C)C1CCN(C(=O)NN)CC1. The van der Waals surface area contributed by atoms with Gasteiger partial charge >= 0.3 is 6.03 Å². The lowest BCUT2D eigenvalue weighted by molar-refractivity contribution is 0.157. The van der Waals surface area contributed by atoms with Gasteiger partial charge in [0.15, 0.2) is 0 Å². The molecule has 0 spiro atoms. The van der Waals surface area contributed by atoms with Crippen LogP contribution in [0.1, 0.15) is 26.7 Å². The van der Waals surface area contributed by atoms with E-state index in [0.717, 1.165) is 37.8 Å². The van der Waals surface area contributed by atoms with Crippen molar-refractivity contribution in [2.45, 2.75) is 26.7 Å². The molecule has 13 heavy (non-hydrogen) atoms. The van der Waals surface area contributed by atoms with E-state index in [1.807, 2.05) is 0 Å². The van der Waals surface area contributed by atoms with Crippen molar-refractivity contribution in [2.75, 3.05) is 13.1 Å². The Morgan fingerprint density at radius 1 is 1.46 bits per heavy atom. The number of likely N-dealkylation sites (tertiary alicyclic amines) is 1. The molecule has 1 aliphatic heterocycles. The van der Waals surface area contributed by atoms with Crippen molar-refractivity contribution in [1.29, 1.82) is 0 Å². The van der Waals surface area contributed by atoms with Crippen LogP contribution in [0.3, 0.4) is 0 Å². The van der Waals surface area contributed by atoms with E-state index in [2.05, 4.69) is 19.3 Å². The number of carbonyl (C=O) groups excluding carboxylic acids is 1. The summed E-state index contributed by atoms with van der Waals surface area (Å²) >= 11 is 0.